The zero-order valence-corrected chi connectivity index (χ0v) is 25.6. The van der Waals surface area contributed by atoms with E-state index in [9.17, 15) is 0 Å². The van der Waals surface area contributed by atoms with Crippen LogP contribution in [0.15, 0.2) is 155 Å². The Morgan fingerprint density at radius 2 is 1.04 bits per heavy atom. The van der Waals surface area contributed by atoms with Crippen molar-refractivity contribution in [3.05, 3.63) is 146 Å². The van der Waals surface area contributed by atoms with Gasteiger partial charge in [0.1, 0.15) is 22.3 Å². The number of nitrogens with zero attached hydrogens (tertiary/aromatic N) is 2. The Bertz CT molecular complexity index is 3100. The van der Waals surface area contributed by atoms with Crippen molar-refractivity contribution in [2.45, 2.75) is 0 Å². The van der Waals surface area contributed by atoms with Gasteiger partial charge in [-0.05, 0) is 84.5 Å². The van der Waals surface area contributed by atoms with Gasteiger partial charge in [0, 0.05) is 16.3 Å². The van der Waals surface area contributed by atoms with Crippen LogP contribution in [0.4, 0.5) is 0 Å². The number of rotatable bonds is 2. The minimum atomic E-state index is 0.528. The highest BCUT2D eigenvalue weighted by Crippen LogP contribution is 2.41. The zero-order valence-electron chi connectivity index (χ0n) is 25.6. The second kappa shape index (κ2) is 9.50. The third-order valence-electron chi connectivity index (χ3n) is 9.92. The number of hydrogen-bond acceptors (Lipinski definition) is 4. The van der Waals surface area contributed by atoms with E-state index in [-0.39, 0.29) is 0 Å². The summed E-state index contributed by atoms with van der Waals surface area (Å²) in [6.07, 6.45) is 1.86. The topological polar surface area (TPSA) is 52.1 Å². The molecule has 0 aliphatic heterocycles. The SMILES string of the molecule is c1ccc2c(c1)ccc1oc3nc(-c4cccc5oc6ccc(-c7ccc8c9ccccc9c9ccccc9c8c7)cc6c45)cnc3c12. The molecule has 3 heterocycles. The first kappa shape index (κ1) is 25.6. The third kappa shape index (κ3) is 3.54. The number of hydrogen-bond donors (Lipinski definition) is 0. The van der Waals surface area contributed by atoms with Crippen LogP contribution in [0.2, 0.25) is 0 Å². The molecule has 11 aromatic rings. The highest BCUT2D eigenvalue weighted by Gasteiger charge is 2.18. The molecule has 0 unspecified atom stereocenters. The van der Waals surface area contributed by atoms with Crippen molar-refractivity contribution < 1.29 is 8.83 Å². The summed E-state index contributed by atoms with van der Waals surface area (Å²) < 4.78 is 12.7. The average molecular weight is 613 g/mol. The molecule has 4 heteroatoms. The lowest BCUT2D eigenvalue weighted by Crippen LogP contribution is -1.88. The van der Waals surface area contributed by atoms with Crippen molar-refractivity contribution in [1.82, 2.24) is 9.97 Å². The molecule has 8 aromatic carbocycles. The summed E-state index contributed by atoms with van der Waals surface area (Å²) in [7, 11) is 0. The second-order valence-electron chi connectivity index (χ2n) is 12.5. The smallest absolute Gasteiger partial charge is 0.246 e. The molecule has 0 bridgehead atoms. The maximum atomic E-state index is 6.39. The van der Waals surface area contributed by atoms with Crippen LogP contribution < -0.4 is 0 Å². The lowest BCUT2D eigenvalue weighted by atomic mass is 9.92. The van der Waals surface area contributed by atoms with Gasteiger partial charge in [-0.2, -0.15) is 0 Å². The predicted octanol–water partition coefficient (Wildman–Crippen LogP) is 12.2. The third-order valence-corrected chi connectivity index (χ3v) is 9.92. The van der Waals surface area contributed by atoms with Crippen molar-refractivity contribution in [3.8, 4) is 22.4 Å². The Balaban J connectivity index is 1.11. The van der Waals surface area contributed by atoms with E-state index < -0.39 is 0 Å². The predicted molar refractivity (Wildman–Crippen MR) is 197 cm³/mol. The standard InChI is InChI=1S/C44H24N2O2/c1-2-9-28-25(8-1)17-21-40-42(28)43-44(48-40)46-37(24-45-43)34-14-7-15-39-41(34)36-23-27(18-20-38(36)47-39)26-16-19-33-31-12-4-3-10-29(31)30-11-5-6-13-32(30)35(33)22-26/h1-24H. The molecule has 4 nitrogen and oxygen atoms in total. The molecule has 0 fully saturated rings. The van der Waals surface area contributed by atoms with Crippen LogP contribution in [0, 0.1) is 0 Å². The molecule has 0 aliphatic carbocycles. The summed E-state index contributed by atoms with van der Waals surface area (Å²) in [4.78, 5) is 9.94. The number of fused-ring (bicyclic) bond motifs is 14. The van der Waals surface area contributed by atoms with Gasteiger partial charge in [-0.3, -0.25) is 0 Å². The summed E-state index contributed by atoms with van der Waals surface area (Å²) in [6, 6.07) is 49.2. The molecule has 0 atom stereocenters. The first-order valence-electron chi connectivity index (χ1n) is 16.1. The van der Waals surface area contributed by atoms with E-state index >= 15 is 0 Å². The molecule has 0 spiro atoms. The molecule has 0 radical (unpaired) electrons. The monoisotopic (exact) mass is 612 g/mol. The minimum Gasteiger partial charge on any atom is -0.456 e. The van der Waals surface area contributed by atoms with Gasteiger partial charge in [0.15, 0.2) is 0 Å². The zero-order chi connectivity index (χ0) is 31.3. The second-order valence-corrected chi connectivity index (χ2v) is 12.5. The van der Waals surface area contributed by atoms with Gasteiger partial charge >= 0.3 is 0 Å². The fraction of sp³-hybridized carbons (Fsp3) is 0. The fourth-order valence-corrected chi connectivity index (χ4v) is 7.74. The van der Waals surface area contributed by atoms with Gasteiger partial charge in [0.2, 0.25) is 5.71 Å². The number of furan rings is 2. The lowest BCUT2D eigenvalue weighted by molar-refractivity contribution is 0.653. The van der Waals surface area contributed by atoms with Crippen LogP contribution >= 0.6 is 0 Å². The van der Waals surface area contributed by atoms with Gasteiger partial charge in [-0.25, -0.2) is 9.97 Å². The van der Waals surface area contributed by atoms with Crippen molar-refractivity contribution in [2.75, 3.05) is 0 Å². The summed E-state index contributed by atoms with van der Waals surface area (Å²) in [5, 5.41) is 12.9. The fourth-order valence-electron chi connectivity index (χ4n) is 7.74. The molecule has 48 heavy (non-hydrogen) atoms. The Kier molecular flexibility index (Phi) is 5.08. The van der Waals surface area contributed by atoms with Crippen LogP contribution in [-0.4, -0.2) is 9.97 Å². The highest BCUT2D eigenvalue weighted by atomic mass is 16.3. The van der Waals surface area contributed by atoms with E-state index in [2.05, 4.69) is 109 Å². The Morgan fingerprint density at radius 1 is 0.417 bits per heavy atom. The van der Waals surface area contributed by atoms with Crippen molar-refractivity contribution >= 4 is 87.2 Å². The summed E-state index contributed by atoms with van der Waals surface area (Å²) in [5.74, 6) is 0. The Hall–Kier alpha value is -6.52. The van der Waals surface area contributed by atoms with Crippen LogP contribution in [0.3, 0.4) is 0 Å². The molecular weight excluding hydrogens is 588 g/mol. The molecule has 0 amide bonds. The van der Waals surface area contributed by atoms with E-state index in [4.69, 9.17) is 18.8 Å². The van der Waals surface area contributed by atoms with Gasteiger partial charge in [-0.1, -0.05) is 109 Å². The molecule has 0 saturated heterocycles. The Morgan fingerprint density at radius 3 is 1.83 bits per heavy atom. The van der Waals surface area contributed by atoms with Crippen molar-refractivity contribution in [3.63, 3.8) is 0 Å². The first-order valence-corrected chi connectivity index (χ1v) is 16.1. The summed E-state index contributed by atoms with van der Waals surface area (Å²) >= 11 is 0. The van der Waals surface area contributed by atoms with Crippen LogP contribution in [-0.2, 0) is 0 Å². The summed E-state index contributed by atoms with van der Waals surface area (Å²) in [6.45, 7) is 0. The summed E-state index contributed by atoms with van der Waals surface area (Å²) in [5.41, 5.74) is 7.73. The minimum absolute atomic E-state index is 0.528. The molecule has 3 aromatic heterocycles. The molecular formula is C44H24N2O2. The molecule has 222 valence electrons. The van der Waals surface area contributed by atoms with E-state index in [0.717, 1.165) is 71.6 Å². The molecule has 0 aliphatic rings. The average Bonchev–Trinajstić information content (AvgIpc) is 3.72. The van der Waals surface area contributed by atoms with Gasteiger partial charge in [0.05, 0.1) is 17.3 Å². The van der Waals surface area contributed by atoms with Crippen molar-refractivity contribution in [2.24, 2.45) is 0 Å². The molecule has 0 N–H and O–H groups in total. The first-order chi connectivity index (χ1) is 23.8. The number of aromatic nitrogens is 2. The van der Waals surface area contributed by atoms with E-state index in [1.165, 1.54) is 32.3 Å². The maximum Gasteiger partial charge on any atom is 0.246 e. The lowest BCUT2D eigenvalue weighted by Gasteiger charge is -2.12. The highest BCUT2D eigenvalue weighted by molar-refractivity contribution is 6.26. The van der Waals surface area contributed by atoms with Gasteiger partial charge < -0.3 is 8.83 Å². The maximum absolute atomic E-state index is 6.39. The van der Waals surface area contributed by atoms with E-state index in [1.54, 1.807) is 0 Å². The van der Waals surface area contributed by atoms with Crippen LogP contribution in [0.25, 0.3) is 110 Å². The van der Waals surface area contributed by atoms with Crippen molar-refractivity contribution in [1.29, 1.82) is 0 Å². The molecule has 0 saturated carbocycles. The van der Waals surface area contributed by atoms with E-state index in [0.29, 0.717) is 5.71 Å². The largest absolute Gasteiger partial charge is 0.456 e. The molecule has 11 rings (SSSR count). The van der Waals surface area contributed by atoms with E-state index in [1.807, 2.05) is 36.5 Å². The van der Waals surface area contributed by atoms with Gasteiger partial charge in [-0.15, -0.1) is 0 Å². The normalized spacial score (nSPS) is 12.2. The van der Waals surface area contributed by atoms with Crippen LogP contribution in [0.5, 0.6) is 0 Å². The van der Waals surface area contributed by atoms with Crippen LogP contribution in [0.1, 0.15) is 0 Å². The van der Waals surface area contributed by atoms with Gasteiger partial charge in [0.25, 0.3) is 0 Å². The quantitative estimate of drug-likeness (QED) is 0.182. The number of benzene rings is 8. The Labute approximate surface area is 273 Å².